The Morgan fingerprint density at radius 2 is 2.00 bits per heavy atom. The number of benzene rings is 2. The van der Waals surface area contributed by atoms with Gasteiger partial charge in [-0.3, -0.25) is 14.5 Å². The summed E-state index contributed by atoms with van der Waals surface area (Å²) in [5, 5.41) is 9.39. The van der Waals surface area contributed by atoms with Crippen molar-refractivity contribution in [1.82, 2.24) is 15.2 Å². The lowest BCUT2D eigenvalue weighted by Crippen LogP contribution is -2.36. The molecule has 0 saturated carbocycles. The quantitative estimate of drug-likeness (QED) is 0.241. The molecular formula is C22H18BrClN4O4S. The first-order chi connectivity index (χ1) is 15.8. The minimum absolute atomic E-state index is 0.197. The molecule has 1 aliphatic heterocycles. The molecule has 1 atom stereocenters. The predicted molar refractivity (Wildman–Crippen MR) is 129 cm³/mol. The number of fused-ring (bicyclic) bond motifs is 3. The van der Waals surface area contributed by atoms with Gasteiger partial charge < -0.3 is 9.47 Å². The third kappa shape index (κ3) is 4.83. The number of esters is 1. The first kappa shape index (κ1) is 23.5. The fraction of sp³-hybridized carbons (Fsp3) is 0.227. The van der Waals surface area contributed by atoms with Gasteiger partial charge in [-0.25, -0.2) is 0 Å². The van der Waals surface area contributed by atoms with Crippen LogP contribution >= 0.6 is 39.3 Å². The van der Waals surface area contributed by atoms with Gasteiger partial charge in [-0.05, 0) is 42.2 Å². The fourth-order valence-electron chi connectivity index (χ4n) is 3.43. The Hall–Kier alpha value is -2.69. The highest BCUT2D eigenvalue weighted by Gasteiger charge is 2.36. The van der Waals surface area contributed by atoms with Crippen LogP contribution in [0.4, 0.5) is 5.69 Å². The van der Waals surface area contributed by atoms with Gasteiger partial charge >= 0.3 is 5.97 Å². The molecule has 0 fully saturated rings. The Labute approximate surface area is 207 Å². The lowest BCUT2D eigenvalue weighted by Gasteiger charge is -2.30. The summed E-state index contributed by atoms with van der Waals surface area (Å²) in [7, 11) is 0. The number of amides is 1. The van der Waals surface area contributed by atoms with E-state index in [1.54, 1.807) is 24.3 Å². The molecule has 0 radical (unpaired) electrons. The molecule has 1 amide bonds. The molecule has 1 unspecified atom stereocenters. The molecule has 170 valence electrons. The maximum absolute atomic E-state index is 13.0. The summed E-state index contributed by atoms with van der Waals surface area (Å²) in [5.74, 6) is 0.340. The highest BCUT2D eigenvalue weighted by atomic mass is 79.9. The lowest BCUT2D eigenvalue weighted by molar-refractivity contribution is -0.132. The van der Waals surface area contributed by atoms with Gasteiger partial charge in [0.2, 0.25) is 23.2 Å². The van der Waals surface area contributed by atoms with Gasteiger partial charge in [0.25, 0.3) is 0 Å². The van der Waals surface area contributed by atoms with Crippen LogP contribution in [-0.2, 0) is 9.59 Å². The van der Waals surface area contributed by atoms with Crippen LogP contribution < -0.4 is 14.4 Å². The first-order valence-electron chi connectivity index (χ1n) is 9.90. The second kappa shape index (κ2) is 9.66. The molecule has 1 aromatic heterocycles. The van der Waals surface area contributed by atoms with Gasteiger partial charge in [0.05, 0.1) is 11.3 Å². The molecule has 0 saturated heterocycles. The van der Waals surface area contributed by atoms with E-state index >= 15 is 0 Å². The predicted octanol–water partition coefficient (Wildman–Crippen LogP) is 5.44. The maximum Gasteiger partial charge on any atom is 0.308 e. The molecule has 2 aromatic carbocycles. The first-order valence-corrected chi connectivity index (χ1v) is 12.1. The van der Waals surface area contributed by atoms with Crippen molar-refractivity contribution in [2.75, 3.05) is 10.7 Å². The topological polar surface area (TPSA) is 94.5 Å². The Morgan fingerprint density at radius 1 is 1.21 bits per heavy atom. The number of thioether (sulfide) groups is 1. The molecule has 0 spiro atoms. The zero-order valence-corrected chi connectivity index (χ0v) is 21.0. The maximum atomic E-state index is 13.0. The molecule has 3 aromatic rings. The molecule has 8 nitrogen and oxygen atoms in total. The summed E-state index contributed by atoms with van der Waals surface area (Å²) < 4.78 is 12.5. The van der Waals surface area contributed by atoms with Crippen molar-refractivity contribution in [3.05, 3.63) is 51.5 Å². The van der Waals surface area contributed by atoms with E-state index < -0.39 is 12.2 Å². The second-order valence-corrected chi connectivity index (χ2v) is 9.56. The standard InChI is InChI=1S/C22H18BrClN4O4S/c1-4-33-22-25-20-19(26-27-22)15-9-13(23)5-7-17(15)28(11(2)29)21(32-20)16-10-14(24)6-8-18(16)31-12(3)30/h5-10,21H,4H2,1-3H3. The van der Waals surface area contributed by atoms with Crippen molar-refractivity contribution < 1.29 is 19.1 Å². The van der Waals surface area contributed by atoms with Crippen LogP contribution in [0.5, 0.6) is 11.6 Å². The smallest absolute Gasteiger partial charge is 0.308 e. The average Bonchev–Trinajstić information content (AvgIpc) is 2.89. The van der Waals surface area contributed by atoms with Crippen LogP contribution in [0.1, 0.15) is 32.6 Å². The zero-order valence-electron chi connectivity index (χ0n) is 17.8. The largest absolute Gasteiger partial charge is 0.447 e. The normalized spacial score (nSPS) is 14.6. The Bertz CT molecular complexity index is 1260. The van der Waals surface area contributed by atoms with E-state index in [-0.39, 0.29) is 17.5 Å². The molecule has 0 N–H and O–H groups in total. The summed E-state index contributed by atoms with van der Waals surface area (Å²) in [5.41, 5.74) is 1.92. The third-order valence-electron chi connectivity index (χ3n) is 4.67. The third-order valence-corrected chi connectivity index (χ3v) is 6.12. The van der Waals surface area contributed by atoms with Crippen molar-refractivity contribution in [3.8, 4) is 22.9 Å². The Balaban J connectivity index is 2.00. The molecule has 11 heteroatoms. The van der Waals surface area contributed by atoms with Crippen LogP contribution in [0.3, 0.4) is 0 Å². The monoisotopic (exact) mass is 548 g/mol. The molecule has 2 heterocycles. The molecule has 1 aliphatic rings. The van der Waals surface area contributed by atoms with Crippen molar-refractivity contribution in [2.45, 2.75) is 32.2 Å². The van der Waals surface area contributed by atoms with E-state index in [0.717, 1.165) is 10.2 Å². The molecule has 0 bridgehead atoms. The van der Waals surface area contributed by atoms with Gasteiger partial charge in [0.15, 0.2) is 5.69 Å². The number of halogens is 2. The van der Waals surface area contributed by atoms with Gasteiger partial charge in [-0.15, -0.1) is 10.2 Å². The van der Waals surface area contributed by atoms with Crippen LogP contribution in [0.15, 0.2) is 46.0 Å². The highest BCUT2D eigenvalue weighted by Crippen LogP contribution is 2.46. The Kier molecular flexibility index (Phi) is 6.87. The van der Waals surface area contributed by atoms with Crippen molar-refractivity contribution in [3.63, 3.8) is 0 Å². The number of hydrogen-bond donors (Lipinski definition) is 0. The highest BCUT2D eigenvalue weighted by molar-refractivity contribution is 9.10. The van der Waals surface area contributed by atoms with Crippen LogP contribution in [-0.4, -0.2) is 32.8 Å². The van der Waals surface area contributed by atoms with E-state index in [9.17, 15) is 9.59 Å². The number of aromatic nitrogens is 3. The molecular weight excluding hydrogens is 532 g/mol. The number of nitrogens with zero attached hydrogens (tertiary/aromatic N) is 4. The summed E-state index contributed by atoms with van der Waals surface area (Å²) in [4.78, 5) is 30.7. The number of rotatable bonds is 4. The molecule has 0 aliphatic carbocycles. The van der Waals surface area contributed by atoms with Gasteiger partial charge in [-0.2, -0.15) is 4.98 Å². The summed E-state index contributed by atoms with van der Waals surface area (Å²) in [6.45, 7) is 4.69. The number of anilines is 1. The van der Waals surface area contributed by atoms with E-state index in [1.165, 1.54) is 30.5 Å². The number of ether oxygens (including phenoxy) is 2. The summed E-state index contributed by atoms with van der Waals surface area (Å²) in [6, 6.07) is 10.2. The second-order valence-electron chi connectivity index (χ2n) is 6.98. The number of hydrogen-bond acceptors (Lipinski definition) is 8. The average molecular weight is 550 g/mol. The Morgan fingerprint density at radius 3 is 2.70 bits per heavy atom. The van der Waals surface area contributed by atoms with E-state index in [0.29, 0.717) is 32.7 Å². The summed E-state index contributed by atoms with van der Waals surface area (Å²) in [6.07, 6.45) is -1.03. The van der Waals surface area contributed by atoms with Crippen molar-refractivity contribution >= 4 is 56.9 Å². The molecule has 4 rings (SSSR count). The van der Waals surface area contributed by atoms with E-state index in [1.807, 2.05) is 19.1 Å². The van der Waals surface area contributed by atoms with Crippen LogP contribution in [0.25, 0.3) is 11.3 Å². The SMILES string of the molecule is CCSc1nnc2c(n1)OC(c1cc(Cl)ccc1OC(C)=O)N(C(C)=O)c1ccc(Br)cc1-2. The molecule has 33 heavy (non-hydrogen) atoms. The fourth-order valence-corrected chi connectivity index (χ4v) is 4.48. The van der Waals surface area contributed by atoms with Crippen molar-refractivity contribution in [2.24, 2.45) is 0 Å². The number of carbonyl (C=O) groups excluding carboxylic acids is 2. The lowest BCUT2D eigenvalue weighted by atomic mass is 10.1. The van der Waals surface area contributed by atoms with E-state index in [4.69, 9.17) is 21.1 Å². The number of carbonyl (C=O) groups is 2. The van der Waals surface area contributed by atoms with Gasteiger partial charge in [-0.1, -0.05) is 46.2 Å². The minimum atomic E-state index is -1.03. The summed E-state index contributed by atoms with van der Waals surface area (Å²) >= 11 is 11.2. The van der Waals surface area contributed by atoms with Crippen LogP contribution in [0, 0.1) is 0 Å². The van der Waals surface area contributed by atoms with Crippen molar-refractivity contribution in [1.29, 1.82) is 0 Å². The van der Waals surface area contributed by atoms with E-state index in [2.05, 4.69) is 31.1 Å². The van der Waals surface area contributed by atoms with Gasteiger partial charge in [0, 0.05) is 28.9 Å². The van der Waals surface area contributed by atoms with Gasteiger partial charge in [0.1, 0.15) is 5.75 Å². The zero-order chi connectivity index (χ0) is 23.7. The minimum Gasteiger partial charge on any atom is -0.447 e. The van der Waals surface area contributed by atoms with Crippen LogP contribution in [0.2, 0.25) is 5.02 Å².